The van der Waals surface area contributed by atoms with Crippen molar-refractivity contribution in [1.29, 1.82) is 0 Å². The van der Waals surface area contributed by atoms with Gasteiger partial charge in [0.2, 0.25) is 0 Å². The quantitative estimate of drug-likeness (QED) is 0.867. The van der Waals surface area contributed by atoms with Gasteiger partial charge in [-0.25, -0.2) is 4.79 Å². The molecule has 0 radical (unpaired) electrons. The Hall–Kier alpha value is -1.87. The van der Waals surface area contributed by atoms with Crippen molar-refractivity contribution in [3.63, 3.8) is 0 Å². The summed E-state index contributed by atoms with van der Waals surface area (Å²) in [7, 11) is 0. The van der Waals surface area contributed by atoms with E-state index in [1.165, 1.54) is 12.1 Å². The molecule has 1 aromatic carbocycles. The smallest absolute Gasteiger partial charge is 0.335 e. The zero-order valence-corrected chi connectivity index (χ0v) is 8.98. The third-order valence-electron chi connectivity index (χ3n) is 2.15. The maximum atomic E-state index is 10.8. The normalized spacial score (nSPS) is 10.1. The minimum Gasteiger partial charge on any atom is -0.478 e. The van der Waals surface area contributed by atoms with Crippen LogP contribution in [0.1, 0.15) is 10.4 Å². The van der Waals surface area contributed by atoms with Crippen LogP contribution in [-0.2, 0) is 0 Å². The van der Waals surface area contributed by atoms with E-state index in [1.54, 1.807) is 24.4 Å². The first-order valence-electron chi connectivity index (χ1n) is 4.63. The first-order valence-corrected chi connectivity index (χ1v) is 5.00. The number of aromatic nitrogens is 1. The summed E-state index contributed by atoms with van der Waals surface area (Å²) < 4.78 is 0. The molecule has 0 unspecified atom stereocenters. The van der Waals surface area contributed by atoms with Crippen molar-refractivity contribution < 1.29 is 9.90 Å². The van der Waals surface area contributed by atoms with Crippen LogP contribution >= 0.6 is 11.6 Å². The number of benzene rings is 1. The lowest BCUT2D eigenvalue weighted by Crippen LogP contribution is -1.96. The summed E-state index contributed by atoms with van der Waals surface area (Å²) in [6, 6.07) is 9.95. The number of rotatable bonds is 2. The molecule has 0 aliphatic rings. The van der Waals surface area contributed by atoms with Gasteiger partial charge in [-0.15, -0.1) is 0 Å². The number of halogens is 1. The number of hydrogen-bond acceptors (Lipinski definition) is 2. The second-order valence-corrected chi connectivity index (χ2v) is 3.62. The summed E-state index contributed by atoms with van der Waals surface area (Å²) in [5.74, 6) is -0.978. The number of carbonyl (C=O) groups is 1. The highest BCUT2D eigenvalue weighted by molar-refractivity contribution is 6.33. The highest BCUT2D eigenvalue weighted by atomic mass is 35.5. The lowest BCUT2D eigenvalue weighted by Gasteiger charge is -2.04. The van der Waals surface area contributed by atoms with Gasteiger partial charge >= 0.3 is 5.97 Å². The third-order valence-corrected chi connectivity index (χ3v) is 2.48. The first-order chi connectivity index (χ1) is 7.68. The van der Waals surface area contributed by atoms with Crippen LogP contribution in [0.25, 0.3) is 11.3 Å². The van der Waals surface area contributed by atoms with Crippen LogP contribution < -0.4 is 0 Å². The summed E-state index contributed by atoms with van der Waals surface area (Å²) in [6.45, 7) is 0. The maximum Gasteiger partial charge on any atom is 0.335 e. The molecule has 2 rings (SSSR count). The fraction of sp³-hybridized carbons (Fsp3) is 0. The van der Waals surface area contributed by atoms with Gasteiger partial charge in [0.15, 0.2) is 0 Å². The fourth-order valence-corrected chi connectivity index (χ4v) is 1.59. The molecular formula is C12H8ClNO2. The Morgan fingerprint density at radius 2 is 2.06 bits per heavy atom. The van der Waals surface area contributed by atoms with Crippen LogP contribution in [0.4, 0.5) is 0 Å². The molecule has 1 heterocycles. The van der Waals surface area contributed by atoms with Crippen LogP contribution in [0.3, 0.4) is 0 Å². The molecule has 0 aliphatic carbocycles. The molecule has 3 nitrogen and oxygen atoms in total. The van der Waals surface area contributed by atoms with E-state index < -0.39 is 5.97 Å². The van der Waals surface area contributed by atoms with Crippen LogP contribution in [0.5, 0.6) is 0 Å². The molecule has 0 saturated heterocycles. The van der Waals surface area contributed by atoms with Crippen molar-refractivity contribution in [3.8, 4) is 11.3 Å². The van der Waals surface area contributed by atoms with E-state index in [1.807, 2.05) is 6.07 Å². The Kier molecular flexibility index (Phi) is 2.88. The second kappa shape index (κ2) is 4.33. The van der Waals surface area contributed by atoms with Gasteiger partial charge in [0, 0.05) is 11.8 Å². The molecule has 0 amide bonds. The minimum atomic E-state index is -0.978. The molecule has 0 aliphatic heterocycles. The monoisotopic (exact) mass is 233 g/mol. The maximum absolute atomic E-state index is 10.8. The van der Waals surface area contributed by atoms with Gasteiger partial charge in [-0.1, -0.05) is 17.7 Å². The molecule has 1 N–H and O–H groups in total. The van der Waals surface area contributed by atoms with Gasteiger partial charge in [0.25, 0.3) is 0 Å². The van der Waals surface area contributed by atoms with Crippen molar-refractivity contribution in [1.82, 2.24) is 4.98 Å². The predicted molar refractivity (Wildman–Crippen MR) is 61.6 cm³/mol. The highest BCUT2D eigenvalue weighted by Gasteiger charge is 2.09. The van der Waals surface area contributed by atoms with Crippen LogP contribution in [0.2, 0.25) is 5.02 Å². The number of aromatic carboxylic acids is 1. The second-order valence-electron chi connectivity index (χ2n) is 3.21. The van der Waals surface area contributed by atoms with E-state index in [0.717, 1.165) is 0 Å². The lowest BCUT2D eigenvalue weighted by molar-refractivity contribution is 0.0697. The van der Waals surface area contributed by atoms with Crippen LogP contribution in [0.15, 0.2) is 42.6 Å². The third kappa shape index (κ3) is 2.04. The number of pyridine rings is 1. The van der Waals surface area contributed by atoms with Crippen LogP contribution in [-0.4, -0.2) is 16.1 Å². The molecule has 0 fully saturated rings. The van der Waals surface area contributed by atoms with E-state index in [9.17, 15) is 4.79 Å². The number of carboxylic acid groups (broad SMARTS) is 1. The number of hydrogen-bond donors (Lipinski definition) is 1. The summed E-state index contributed by atoms with van der Waals surface area (Å²) in [4.78, 5) is 15.0. The molecule has 16 heavy (non-hydrogen) atoms. The highest BCUT2D eigenvalue weighted by Crippen LogP contribution is 2.27. The van der Waals surface area contributed by atoms with E-state index in [0.29, 0.717) is 16.3 Å². The molecule has 0 spiro atoms. The van der Waals surface area contributed by atoms with Gasteiger partial charge in [0.05, 0.1) is 16.3 Å². The summed E-state index contributed by atoms with van der Waals surface area (Å²) in [6.07, 6.45) is 1.64. The topological polar surface area (TPSA) is 50.2 Å². The molecule has 0 saturated carbocycles. The average Bonchev–Trinajstić information content (AvgIpc) is 2.30. The Labute approximate surface area is 97.3 Å². The van der Waals surface area contributed by atoms with Crippen molar-refractivity contribution in [2.75, 3.05) is 0 Å². The van der Waals surface area contributed by atoms with E-state index in [4.69, 9.17) is 16.7 Å². The van der Waals surface area contributed by atoms with E-state index in [-0.39, 0.29) is 5.56 Å². The van der Waals surface area contributed by atoms with Gasteiger partial charge in [-0.05, 0) is 30.3 Å². The Balaban J connectivity index is 2.56. The summed E-state index contributed by atoms with van der Waals surface area (Å²) >= 11 is 6.00. The fourth-order valence-electron chi connectivity index (χ4n) is 1.38. The Morgan fingerprint density at radius 3 is 2.69 bits per heavy atom. The zero-order chi connectivity index (χ0) is 11.5. The van der Waals surface area contributed by atoms with E-state index in [2.05, 4.69) is 4.98 Å². The molecule has 0 atom stereocenters. The molecule has 0 bridgehead atoms. The molecular weight excluding hydrogens is 226 g/mol. The summed E-state index contributed by atoms with van der Waals surface area (Å²) in [5.41, 5.74) is 1.49. The van der Waals surface area contributed by atoms with Gasteiger partial charge in [0.1, 0.15) is 0 Å². The van der Waals surface area contributed by atoms with Crippen molar-refractivity contribution in [3.05, 3.63) is 53.2 Å². The number of nitrogens with zero attached hydrogens (tertiary/aromatic N) is 1. The minimum absolute atomic E-state index is 0.199. The van der Waals surface area contributed by atoms with Crippen molar-refractivity contribution in [2.45, 2.75) is 0 Å². The van der Waals surface area contributed by atoms with Gasteiger partial charge in [-0.3, -0.25) is 4.98 Å². The molecule has 80 valence electrons. The SMILES string of the molecule is O=C(O)c1ccc(Cl)c(-c2ccccn2)c1. The molecule has 4 heteroatoms. The molecule has 2 aromatic rings. The van der Waals surface area contributed by atoms with Gasteiger partial charge in [-0.2, -0.15) is 0 Å². The molecule has 1 aromatic heterocycles. The van der Waals surface area contributed by atoms with E-state index >= 15 is 0 Å². The number of carboxylic acids is 1. The van der Waals surface area contributed by atoms with Crippen LogP contribution in [0, 0.1) is 0 Å². The van der Waals surface area contributed by atoms with Crippen molar-refractivity contribution in [2.24, 2.45) is 0 Å². The Morgan fingerprint density at radius 1 is 1.25 bits per heavy atom. The predicted octanol–water partition coefficient (Wildman–Crippen LogP) is 3.10. The average molecular weight is 234 g/mol. The standard InChI is InChI=1S/C12H8ClNO2/c13-10-5-4-8(12(15)16)7-9(10)11-3-1-2-6-14-11/h1-7H,(H,15,16). The summed E-state index contributed by atoms with van der Waals surface area (Å²) in [5, 5.41) is 9.37. The van der Waals surface area contributed by atoms with Gasteiger partial charge < -0.3 is 5.11 Å². The Bertz CT molecular complexity index is 526. The zero-order valence-electron chi connectivity index (χ0n) is 8.22. The first kappa shape index (κ1) is 10.6. The van der Waals surface area contributed by atoms with Crippen molar-refractivity contribution >= 4 is 17.6 Å². The largest absolute Gasteiger partial charge is 0.478 e. The lowest BCUT2D eigenvalue weighted by atomic mass is 10.1.